The highest BCUT2D eigenvalue weighted by Gasteiger charge is 2.34. The van der Waals surface area contributed by atoms with Gasteiger partial charge >= 0.3 is 0 Å². The fourth-order valence-corrected chi connectivity index (χ4v) is 3.20. The van der Waals surface area contributed by atoms with Crippen LogP contribution in [0.1, 0.15) is 43.5 Å². The van der Waals surface area contributed by atoms with Crippen LogP contribution in [-0.4, -0.2) is 22.9 Å². The maximum absolute atomic E-state index is 12.6. The first-order valence-corrected chi connectivity index (χ1v) is 7.49. The summed E-state index contributed by atoms with van der Waals surface area (Å²) in [6.07, 6.45) is 3.17. The lowest BCUT2D eigenvalue weighted by atomic mass is 10.1. The smallest absolute Gasteiger partial charge is 0.255 e. The molecule has 0 aromatic heterocycles. The van der Waals surface area contributed by atoms with Gasteiger partial charge in [0.05, 0.1) is 10.6 Å². The van der Waals surface area contributed by atoms with Crippen molar-refractivity contribution >= 4 is 33.4 Å². The average molecular weight is 331 g/mol. The Balaban J connectivity index is 2.32. The van der Waals surface area contributed by atoms with Gasteiger partial charge in [0.2, 0.25) is 0 Å². The first kappa shape index (κ1) is 13.9. The van der Waals surface area contributed by atoms with Crippen molar-refractivity contribution < 1.29 is 4.79 Å². The Kier molecular flexibility index (Phi) is 4.33. The molecule has 98 valence electrons. The summed E-state index contributed by atoms with van der Waals surface area (Å²) in [5.74, 6) is 0.0538. The van der Waals surface area contributed by atoms with Gasteiger partial charge < -0.3 is 4.90 Å². The first-order chi connectivity index (χ1) is 8.54. The Morgan fingerprint density at radius 2 is 2.22 bits per heavy atom. The van der Waals surface area contributed by atoms with E-state index in [9.17, 15) is 4.79 Å². The van der Waals surface area contributed by atoms with Crippen LogP contribution < -0.4 is 0 Å². The molecule has 18 heavy (non-hydrogen) atoms. The van der Waals surface area contributed by atoms with Gasteiger partial charge in [-0.3, -0.25) is 4.79 Å². The minimum atomic E-state index is 0.0538. The minimum Gasteiger partial charge on any atom is -0.333 e. The average Bonchev–Trinajstić information content (AvgIpc) is 2.72. The lowest BCUT2D eigenvalue weighted by Crippen LogP contribution is -2.39. The molecule has 2 unspecified atom stereocenters. The number of benzene rings is 1. The summed E-state index contributed by atoms with van der Waals surface area (Å²) in [6.45, 7) is 4.24. The Hall–Kier alpha value is -0.540. The number of amides is 1. The quantitative estimate of drug-likeness (QED) is 0.781. The number of rotatable bonds is 2. The largest absolute Gasteiger partial charge is 0.333 e. The maximum atomic E-state index is 12.6. The van der Waals surface area contributed by atoms with Crippen LogP contribution in [0.4, 0.5) is 0 Å². The molecule has 2 rings (SSSR count). The molecular formula is C14H17BrClNO. The standard InChI is InChI=1S/C14H17BrClNO/c1-3-11-6-4-9(2)17(11)14(18)12-8-10(15)5-7-13(12)16/h5,7-9,11H,3-4,6H2,1-2H3. The van der Waals surface area contributed by atoms with Crippen LogP contribution in [0.15, 0.2) is 22.7 Å². The molecule has 0 aliphatic carbocycles. The third-order valence-electron chi connectivity index (χ3n) is 3.65. The van der Waals surface area contributed by atoms with E-state index in [1.54, 1.807) is 6.07 Å². The topological polar surface area (TPSA) is 20.3 Å². The summed E-state index contributed by atoms with van der Waals surface area (Å²) in [5.41, 5.74) is 0.596. The number of carbonyl (C=O) groups excluding carboxylic acids is 1. The molecule has 0 saturated carbocycles. The van der Waals surface area contributed by atoms with Crippen LogP contribution in [0, 0.1) is 0 Å². The summed E-state index contributed by atoms with van der Waals surface area (Å²) < 4.78 is 0.884. The van der Waals surface area contributed by atoms with Crippen LogP contribution in [0.5, 0.6) is 0 Å². The molecule has 0 bridgehead atoms. The van der Waals surface area contributed by atoms with Crippen molar-refractivity contribution in [3.63, 3.8) is 0 Å². The second-order valence-corrected chi connectivity index (χ2v) is 6.15. The predicted molar refractivity (Wildman–Crippen MR) is 78.1 cm³/mol. The van der Waals surface area contributed by atoms with Gasteiger partial charge in [0, 0.05) is 16.6 Å². The zero-order valence-electron chi connectivity index (χ0n) is 10.6. The lowest BCUT2D eigenvalue weighted by Gasteiger charge is -2.28. The molecule has 1 aromatic carbocycles. The molecule has 1 amide bonds. The van der Waals surface area contributed by atoms with Crippen molar-refractivity contribution in [2.24, 2.45) is 0 Å². The molecule has 0 spiro atoms. The molecule has 2 nitrogen and oxygen atoms in total. The lowest BCUT2D eigenvalue weighted by molar-refractivity contribution is 0.0676. The minimum absolute atomic E-state index is 0.0538. The highest BCUT2D eigenvalue weighted by Crippen LogP contribution is 2.30. The number of carbonyl (C=O) groups is 1. The Morgan fingerprint density at radius 3 is 2.89 bits per heavy atom. The number of hydrogen-bond donors (Lipinski definition) is 0. The van der Waals surface area contributed by atoms with Gasteiger partial charge in [-0.1, -0.05) is 34.5 Å². The van der Waals surface area contributed by atoms with Gasteiger partial charge in [0.25, 0.3) is 5.91 Å². The highest BCUT2D eigenvalue weighted by atomic mass is 79.9. The number of hydrogen-bond acceptors (Lipinski definition) is 1. The summed E-state index contributed by atoms with van der Waals surface area (Å²) in [4.78, 5) is 14.6. The van der Waals surface area contributed by atoms with Crippen LogP contribution in [0.25, 0.3) is 0 Å². The molecule has 0 radical (unpaired) electrons. The van der Waals surface area contributed by atoms with E-state index in [1.807, 2.05) is 17.0 Å². The van der Waals surface area contributed by atoms with Gasteiger partial charge in [0.1, 0.15) is 0 Å². The monoisotopic (exact) mass is 329 g/mol. The maximum Gasteiger partial charge on any atom is 0.255 e. The van der Waals surface area contributed by atoms with E-state index in [0.29, 0.717) is 22.7 Å². The van der Waals surface area contributed by atoms with Crippen molar-refractivity contribution in [2.75, 3.05) is 0 Å². The van der Waals surface area contributed by atoms with E-state index >= 15 is 0 Å². The van der Waals surface area contributed by atoms with E-state index in [1.165, 1.54) is 0 Å². The van der Waals surface area contributed by atoms with Crippen molar-refractivity contribution in [2.45, 2.75) is 45.2 Å². The summed E-state index contributed by atoms with van der Waals surface area (Å²) >= 11 is 9.53. The van der Waals surface area contributed by atoms with Crippen LogP contribution in [0.2, 0.25) is 5.02 Å². The van der Waals surface area contributed by atoms with E-state index in [0.717, 1.165) is 23.7 Å². The normalized spacial score (nSPS) is 23.4. The SMILES string of the molecule is CCC1CCC(C)N1C(=O)c1cc(Br)ccc1Cl. The molecule has 0 N–H and O–H groups in total. The zero-order chi connectivity index (χ0) is 13.3. The van der Waals surface area contributed by atoms with Gasteiger partial charge in [-0.2, -0.15) is 0 Å². The van der Waals surface area contributed by atoms with Crippen molar-refractivity contribution in [1.29, 1.82) is 0 Å². The Bertz CT molecular complexity index is 463. The van der Waals surface area contributed by atoms with E-state index in [2.05, 4.69) is 29.8 Å². The van der Waals surface area contributed by atoms with Crippen LogP contribution in [-0.2, 0) is 0 Å². The molecule has 1 aromatic rings. The van der Waals surface area contributed by atoms with E-state index in [-0.39, 0.29) is 5.91 Å². The number of nitrogens with zero attached hydrogens (tertiary/aromatic N) is 1. The fraction of sp³-hybridized carbons (Fsp3) is 0.500. The molecule has 1 fully saturated rings. The van der Waals surface area contributed by atoms with Crippen LogP contribution >= 0.6 is 27.5 Å². The van der Waals surface area contributed by atoms with Gasteiger partial charge in [0.15, 0.2) is 0 Å². The summed E-state index contributed by atoms with van der Waals surface area (Å²) in [6, 6.07) is 6.08. The number of likely N-dealkylation sites (tertiary alicyclic amines) is 1. The van der Waals surface area contributed by atoms with E-state index < -0.39 is 0 Å². The Morgan fingerprint density at radius 1 is 1.50 bits per heavy atom. The molecule has 1 heterocycles. The molecular weight excluding hydrogens is 314 g/mol. The third kappa shape index (κ3) is 2.57. The fourth-order valence-electron chi connectivity index (χ4n) is 2.64. The molecule has 1 aliphatic heterocycles. The van der Waals surface area contributed by atoms with Gasteiger partial charge in [-0.25, -0.2) is 0 Å². The predicted octanol–water partition coefficient (Wildman–Crippen LogP) is 4.51. The second-order valence-electron chi connectivity index (χ2n) is 4.83. The zero-order valence-corrected chi connectivity index (χ0v) is 13.0. The molecule has 2 atom stereocenters. The van der Waals surface area contributed by atoms with Crippen LogP contribution in [0.3, 0.4) is 0 Å². The van der Waals surface area contributed by atoms with Gasteiger partial charge in [-0.05, 0) is 44.4 Å². The molecule has 4 heteroatoms. The first-order valence-electron chi connectivity index (χ1n) is 6.32. The third-order valence-corrected chi connectivity index (χ3v) is 4.47. The van der Waals surface area contributed by atoms with Crippen molar-refractivity contribution in [1.82, 2.24) is 4.90 Å². The van der Waals surface area contributed by atoms with Gasteiger partial charge in [-0.15, -0.1) is 0 Å². The summed E-state index contributed by atoms with van der Waals surface area (Å²) in [5, 5.41) is 0.525. The van der Waals surface area contributed by atoms with Crippen molar-refractivity contribution in [3.8, 4) is 0 Å². The molecule has 1 aliphatic rings. The molecule has 1 saturated heterocycles. The summed E-state index contributed by atoms with van der Waals surface area (Å²) in [7, 11) is 0. The highest BCUT2D eigenvalue weighted by molar-refractivity contribution is 9.10. The Labute approximate surface area is 121 Å². The number of halogens is 2. The van der Waals surface area contributed by atoms with Crippen molar-refractivity contribution in [3.05, 3.63) is 33.3 Å². The van der Waals surface area contributed by atoms with E-state index in [4.69, 9.17) is 11.6 Å². The second kappa shape index (κ2) is 5.62.